The first-order valence-electron chi connectivity index (χ1n) is 6.70. The van der Waals surface area contributed by atoms with Gasteiger partial charge in [0, 0.05) is 24.1 Å². The Bertz CT molecular complexity index is 331. The number of nitrogens with one attached hydrogen (secondary N) is 1. The molecule has 1 heterocycles. The first kappa shape index (κ1) is 14.0. The van der Waals surface area contributed by atoms with Gasteiger partial charge in [-0.3, -0.25) is 4.98 Å². The van der Waals surface area contributed by atoms with Crippen molar-refractivity contribution >= 4 is 5.69 Å². The quantitative estimate of drug-likeness (QED) is 0.707. The number of rotatable bonds is 7. The molecule has 17 heavy (non-hydrogen) atoms. The Morgan fingerprint density at radius 1 is 1.29 bits per heavy atom. The molecule has 0 fully saturated rings. The Hall–Kier alpha value is -1.05. The third-order valence-corrected chi connectivity index (χ3v) is 3.12. The van der Waals surface area contributed by atoms with E-state index in [1.807, 2.05) is 19.2 Å². The molecule has 0 unspecified atom stereocenters. The summed E-state index contributed by atoms with van der Waals surface area (Å²) < 4.78 is 0. The van der Waals surface area contributed by atoms with Gasteiger partial charge in [0.25, 0.3) is 0 Å². The molecule has 0 aliphatic heterocycles. The minimum Gasteiger partial charge on any atom is -0.384 e. The maximum atomic E-state index is 4.20. The van der Waals surface area contributed by atoms with Gasteiger partial charge in [0.15, 0.2) is 0 Å². The summed E-state index contributed by atoms with van der Waals surface area (Å²) in [6.07, 6.45) is 7.13. The van der Waals surface area contributed by atoms with Crippen LogP contribution in [0, 0.1) is 12.3 Å². The average molecular weight is 234 g/mol. The normalized spacial score (nSPS) is 11.5. The maximum absolute atomic E-state index is 4.20. The van der Waals surface area contributed by atoms with Crippen LogP contribution in [-0.4, -0.2) is 11.5 Å². The van der Waals surface area contributed by atoms with E-state index in [0.717, 1.165) is 12.2 Å². The SMILES string of the molecule is CCCCCC(C)(C)CNc1ccnc(C)c1. The number of unbranched alkanes of at least 4 members (excludes halogenated alkanes) is 2. The van der Waals surface area contributed by atoms with E-state index in [1.165, 1.54) is 31.4 Å². The topological polar surface area (TPSA) is 24.9 Å². The highest BCUT2D eigenvalue weighted by molar-refractivity contribution is 5.43. The lowest BCUT2D eigenvalue weighted by Gasteiger charge is -2.25. The van der Waals surface area contributed by atoms with Crippen molar-refractivity contribution in [2.75, 3.05) is 11.9 Å². The fourth-order valence-electron chi connectivity index (χ4n) is 1.94. The van der Waals surface area contributed by atoms with Crippen LogP contribution in [0.25, 0.3) is 0 Å². The Morgan fingerprint density at radius 3 is 2.71 bits per heavy atom. The van der Waals surface area contributed by atoms with Crippen molar-refractivity contribution in [1.82, 2.24) is 4.98 Å². The van der Waals surface area contributed by atoms with E-state index >= 15 is 0 Å². The maximum Gasteiger partial charge on any atom is 0.0393 e. The van der Waals surface area contributed by atoms with E-state index in [4.69, 9.17) is 0 Å². The summed E-state index contributed by atoms with van der Waals surface area (Å²) >= 11 is 0. The molecule has 0 bridgehead atoms. The molecule has 0 amide bonds. The van der Waals surface area contributed by atoms with Crippen LogP contribution in [-0.2, 0) is 0 Å². The molecule has 0 atom stereocenters. The van der Waals surface area contributed by atoms with Gasteiger partial charge in [0.2, 0.25) is 0 Å². The van der Waals surface area contributed by atoms with E-state index in [2.05, 4.69) is 37.1 Å². The third-order valence-electron chi connectivity index (χ3n) is 3.12. The second-order valence-corrected chi connectivity index (χ2v) is 5.66. The van der Waals surface area contributed by atoms with Gasteiger partial charge in [-0.2, -0.15) is 0 Å². The molecule has 2 heteroatoms. The molecule has 0 radical (unpaired) electrons. The largest absolute Gasteiger partial charge is 0.384 e. The van der Waals surface area contributed by atoms with Crippen LogP contribution >= 0.6 is 0 Å². The van der Waals surface area contributed by atoms with Crippen molar-refractivity contribution in [2.24, 2.45) is 5.41 Å². The van der Waals surface area contributed by atoms with Crippen LogP contribution in [0.3, 0.4) is 0 Å². The number of hydrogen-bond donors (Lipinski definition) is 1. The monoisotopic (exact) mass is 234 g/mol. The highest BCUT2D eigenvalue weighted by atomic mass is 14.9. The summed E-state index contributed by atoms with van der Waals surface area (Å²) in [6, 6.07) is 4.14. The summed E-state index contributed by atoms with van der Waals surface area (Å²) in [5.41, 5.74) is 2.62. The minimum atomic E-state index is 0.367. The van der Waals surface area contributed by atoms with E-state index in [1.54, 1.807) is 0 Å². The summed E-state index contributed by atoms with van der Waals surface area (Å²) in [6.45, 7) is 9.98. The molecule has 0 aliphatic rings. The lowest BCUT2D eigenvalue weighted by atomic mass is 9.87. The zero-order valence-corrected chi connectivity index (χ0v) is 11.7. The number of pyridine rings is 1. The van der Waals surface area contributed by atoms with Crippen molar-refractivity contribution < 1.29 is 0 Å². The zero-order chi connectivity index (χ0) is 12.7. The molecule has 0 spiro atoms. The lowest BCUT2D eigenvalue weighted by Crippen LogP contribution is -2.23. The van der Waals surface area contributed by atoms with Crippen LogP contribution in [0.4, 0.5) is 5.69 Å². The number of aryl methyl sites for hydroxylation is 1. The van der Waals surface area contributed by atoms with Gasteiger partial charge in [-0.1, -0.05) is 40.0 Å². The van der Waals surface area contributed by atoms with Crippen molar-refractivity contribution in [2.45, 2.75) is 53.4 Å². The molecule has 1 aromatic rings. The molecular formula is C15H26N2. The molecule has 2 nitrogen and oxygen atoms in total. The Labute approximate surface area is 106 Å². The van der Waals surface area contributed by atoms with E-state index in [9.17, 15) is 0 Å². The molecule has 0 aromatic carbocycles. The number of anilines is 1. The summed E-state index contributed by atoms with van der Waals surface area (Å²) in [7, 11) is 0. The summed E-state index contributed by atoms with van der Waals surface area (Å²) in [5.74, 6) is 0. The van der Waals surface area contributed by atoms with Gasteiger partial charge in [-0.25, -0.2) is 0 Å². The predicted molar refractivity (Wildman–Crippen MR) is 75.4 cm³/mol. The summed E-state index contributed by atoms with van der Waals surface area (Å²) in [4.78, 5) is 4.20. The van der Waals surface area contributed by atoms with Gasteiger partial charge in [-0.05, 0) is 30.9 Å². The molecule has 0 saturated heterocycles. The second kappa shape index (κ2) is 6.63. The number of aromatic nitrogens is 1. The van der Waals surface area contributed by atoms with Crippen LogP contribution in [0.2, 0.25) is 0 Å². The fourth-order valence-corrected chi connectivity index (χ4v) is 1.94. The molecule has 1 rings (SSSR count). The summed E-state index contributed by atoms with van der Waals surface area (Å²) in [5, 5.41) is 3.51. The zero-order valence-electron chi connectivity index (χ0n) is 11.7. The molecule has 1 N–H and O–H groups in total. The molecular weight excluding hydrogens is 208 g/mol. The van der Waals surface area contributed by atoms with E-state index in [0.29, 0.717) is 5.41 Å². The first-order valence-corrected chi connectivity index (χ1v) is 6.70. The van der Waals surface area contributed by atoms with Crippen LogP contribution < -0.4 is 5.32 Å². The standard InChI is InChI=1S/C15H26N2/c1-5-6-7-9-15(3,4)12-17-14-8-10-16-13(2)11-14/h8,10-11H,5-7,9,12H2,1-4H3,(H,16,17). The second-order valence-electron chi connectivity index (χ2n) is 5.66. The van der Waals surface area contributed by atoms with Gasteiger partial charge in [-0.15, -0.1) is 0 Å². The van der Waals surface area contributed by atoms with Crippen molar-refractivity contribution in [3.05, 3.63) is 24.0 Å². The molecule has 0 saturated carbocycles. The van der Waals surface area contributed by atoms with Gasteiger partial charge in [0.1, 0.15) is 0 Å². The molecule has 0 aliphatic carbocycles. The van der Waals surface area contributed by atoms with Crippen LogP contribution in [0.15, 0.2) is 18.3 Å². The number of hydrogen-bond acceptors (Lipinski definition) is 2. The van der Waals surface area contributed by atoms with E-state index < -0.39 is 0 Å². The van der Waals surface area contributed by atoms with Crippen molar-refractivity contribution in [3.63, 3.8) is 0 Å². The highest BCUT2D eigenvalue weighted by Gasteiger charge is 2.16. The minimum absolute atomic E-state index is 0.367. The van der Waals surface area contributed by atoms with Crippen LogP contribution in [0.1, 0.15) is 52.1 Å². The first-order chi connectivity index (χ1) is 8.03. The Morgan fingerprint density at radius 2 is 2.06 bits per heavy atom. The fraction of sp³-hybridized carbons (Fsp3) is 0.667. The van der Waals surface area contributed by atoms with Crippen molar-refractivity contribution in [3.8, 4) is 0 Å². The lowest BCUT2D eigenvalue weighted by molar-refractivity contribution is 0.342. The smallest absolute Gasteiger partial charge is 0.0393 e. The van der Waals surface area contributed by atoms with Crippen molar-refractivity contribution in [1.29, 1.82) is 0 Å². The highest BCUT2D eigenvalue weighted by Crippen LogP contribution is 2.24. The Balaban J connectivity index is 2.38. The van der Waals surface area contributed by atoms with Crippen LogP contribution in [0.5, 0.6) is 0 Å². The number of nitrogens with zero attached hydrogens (tertiary/aromatic N) is 1. The van der Waals surface area contributed by atoms with Gasteiger partial charge >= 0.3 is 0 Å². The molecule has 1 aromatic heterocycles. The van der Waals surface area contributed by atoms with Gasteiger partial charge in [0.05, 0.1) is 0 Å². The predicted octanol–water partition coefficient (Wildman–Crippen LogP) is 4.41. The average Bonchev–Trinajstić information content (AvgIpc) is 2.27. The van der Waals surface area contributed by atoms with Gasteiger partial charge < -0.3 is 5.32 Å². The Kier molecular flexibility index (Phi) is 5.46. The molecule has 96 valence electrons. The van der Waals surface area contributed by atoms with E-state index in [-0.39, 0.29) is 0 Å². The third kappa shape index (κ3) is 5.71.